The predicted octanol–water partition coefficient (Wildman–Crippen LogP) is 4.14. The number of esters is 1. The zero-order valence-electron chi connectivity index (χ0n) is 19.8. The summed E-state index contributed by atoms with van der Waals surface area (Å²) in [4.78, 5) is 42.0. The first-order valence-corrected chi connectivity index (χ1v) is 10.4. The highest BCUT2D eigenvalue weighted by Crippen LogP contribution is 2.47. The van der Waals surface area contributed by atoms with Gasteiger partial charge in [-0.15, -0.1) is 0 Å². The van der Waals surface area contributed by atoms with Gasteiger partial charge in [-0.1, -0.05) is 0 Å². The third-order valence-corrected chi connectivity index (χ3v) is 4.71. The van der Waals surface area contributed by atoms with Crippen LogP contribution >= 0.6 is 0 Å². The molecular weight excluding hydrogens is 430 g/mol. The van der Waals surface area contributed by atoms with Crippen molar-refractivity contribution in [1.29, 1.82) is 0 Å². The van der Waals surface area contributed by atoms with Crippen LogP contribution in [0.4, 0.5) is 18.4 Å². The number of hydrogen-bond donors (Lipinski definition) is 0. The van der Waals surface area contributed by atoms with Crippen molar-refractivity contribution in [3.8, 4) is 0 Å². The molecule has 3 atom stereocenters. The first-order chi connectivity index (χ1) is 14.4. The van der Waals surface area contributed by atoms with Gasteiger partial charge >= 0.3 is 24.1 Å². The lowest BCUT2D eigenvalue weighted by Gasteiger charge is -2.44. The summed E-state index contributed by atoms with van der Waals surface area (Å²) in [5.41, 5.74) is -4.86. The summed E-state index contributed by atoms with van der Waals surface area (Å²) < 4.78 is 50.8. The van der Waals surface area contributed by atoms with Crippen molar-refractivity contribution >= 4 is 24.1 Å². The molecule has 11 heteroatoms. The summed E-state index contributed by atoms with van der Waals surface area (Å²) in [6.07, 6.45) is -2.37. The molecule has 9 nitrogen and oxygen atoms in total. The van der Waals surface area contributed by atoms with Gasteiger partial charge in [0.2, 0.25) is 5.66 Å². The summed E-state index contributed by atoms with van der Waals surface area (Å²) in [6.45, 7) is 10.8. The lowest BCUT2D eigenvalue weighted by atomic mass is 10.0. The van der Waals surface area contributed by atoms with Crippen molar-refractivity contribution in [3.63, 3.8) is 0 Å². The van der Waals surface area contributed by atoms with Crippen molar-refractivity contribution in [3.05, 3.63) is 0 Å². The zero-order valence-corrected chi connectivity index (χ0v) is 19.8. The minimum atomic E-state index is -3.77. The fourth-order valence-electron chi connectivity index (χ4n) is 3.06. The zero-order chi connectivity index (χ0) is 24.7. The fourth-order valence-corrected chi connectivity index (χ4v) is 3.06. The second-order valence-corrected chi connectivity index (χ2v) is 9.96. The van der Waals surface area contributed by atoms with Crippen LogP contribution < -0.4 is 0 Å². The molecule has 0 aromatic rings. The van der Waals surface area contributed by atoms with Gasteiger partial charge in [-0.05, 0) is 61.8 Å². The molecule has 1 aliphatic carbocycles. The van der Waals surface area contributed by atoms with Gasteiger partial charge in [0.25, 0.3) is 0 Å². The molecule has 0 aromatic heterocycles. The van der Waals surface area contributed by atoms with Crippen molar-refractivity contribution in [2.45, 2.75) is 84.6 Å². The maximum atomic E-state index is 15.1. The van der Waals surface area contributed by atoms with E-state index in [4.69, 9.17) is 18.9 Å². The standard InChI is InChI=1S/C21H32F2N2O7/c1-9-29-15(26)13-10-12(13)14-24-20(8,21(22,23)11-30-14)25(16(27)31-18(2,3)4)17(28)32-19(5,6)7/h12-13H,9-11H2,1-8H3/t12-,13-,20+/m0/s1. The largest absolute Gasteiger partial charge is 0.474 e. The molecule has 2 aliphatic rings. The molecular formula is C21H32F2N2O7. The Morgan fingerprint density at radius 1 is 1.09 bits per heavy atom. The summed E-state index contributed by atoms with van der Waals surface area (Å²) in [5, 5.41) is 0. The topological polar surface area (TPSA) is 104 Å². The molecule has 0 bridgehead atoms. The fraction of sp³-hybridized carbons (Fsp3) is 0.810. The third-order valence-electron chi connectivity index (χ3n) is 4.71. The van der Waals surface area contributed by atoms with Gasteiger partial charge in [-0.25, -0.2) is 14.6 Å². The monoisotopic (exact) mass is 462 g/mol. The maximum Gasteiger partial charge on any atom is 0.422 e. The van der Waals surface area contributed by atoms with Crippen LogP contribution in [0, 0.1) is 11.8 Å². The number of alkyl halides is 2. The van der Waals surface area contributed by atoms with Crippen LogP contribution in [0.2, 0.25) is 0 Å². The Morgan fingerprint density at radius 2 is 1.59 bits per heavy atom. The van der Waals surface area contributed by atoms with E-state index in [1.807, 2.05) is 0 Å². The molecule has 1 fully saturated rings. The highest BCUT2D eigenvalue weighted by molar-refractivity contribution is 5.93. The van der Waals surface area contributed by atoms with E-state index in [-0.39, 0.29) is 17.4 Å². The Kier molecular flexibility index (Phi) is 6.83. The molecule has 1 heterocycles. The number of aliphatic imine (C=N–C) groups is 1. The van der Waals surface area contributed by atoms with Gasteiger partial charge in [0.15, 0.2) is 12.5 Å². The van der Waals surface area contributed by atoms with Crippen LogP contribution in [-0.4, -0.2) is 65.0 Å². The molecule has 0 unspecified atom stereocenters. The molecule has 0 radical (unpaired) electrons. The smallest absolute Gasteiger partial charge is 0.422 e. The van der Waals surface area contributed by atoms with E-state index in [0.717, 1.165) is 6.92 Å². The molecule has 0 spiro atoms. The van der Waals surface area contributed by atoms with Crippen molar-refractivity contribution in [2.24, 2.45) is 16.8 Å². The number of carbonyl (C=O) groups is 3. The molecule has 1 aliphatic heterocycles. The van der Waals surface area contributed by atoms with Crippen LogP contribution in [0.1, 0.15) is 61.8 Å². The van der Waals surface area contributed by atoms with Crippen LogP contribution in [0.3, 0.4) is 0 Å². The van der Waals surface area contributed by atoms with Crippen LogP contribution in [0.15, 0.2) is 4.99 Å². The number of amides is 2. The predicted molar refractivity (Wildman–Crippen MR) is 109 cm³/mol. The summed E-state index contributed by atoms with van der Waals surface area (Å²) in [7, 11) is 0. The van der Waals surface area contributed by atoms with Crippen molar-refractivity contribution in [2.75, 3.05) is 13.2 Å². The third kappa shape index (κ3) is 5.66. The van der Waals surface area contributed by atoms with Gasteiger partial charge in [0.05, 0.1) is 12.5 Å². The van der Waals surface area contributed by atoms with E-state index in [1.165, 1.54) is 41.5 Å². The number of carbonyl (C=O) groups excluding carboxylic acids is 3. The molecule has 2 rings (SSSR count). The van der Waals surface area contributed by atoms with E-state index in [1.54, 1.807) is 6.92 Å². The van der Waals surface area contributed by atoms with Gasteiger partial charge in [-0.3, -0.25) is 4.79 Å². The van der Waals surface area contributed by atoms with Gasteiger partial charge < -0.3 is 18.9 Å². The summed E-state index contributed by atoms with van der Waals surface area (Å²) >= 11 is 0. The van der Waals surface area contributed by atoms with Gasteiger partial charge in [0.1, 0.15) is 11.2 Å². The van der Waals surface area contributed by atoms with E-state index in [2.05, 4.69) is 4.99 Å². The Balaban J connectivity index is 2.48. The average molecular weight is 462 g/mol. The average Bonchev–Trinajstić information content (AvgIpc) is 3.35. The van der Waals surface area contributed by atoms with Gasteiger partial charge in [0, 0.05) is 5.92 Å². The quantitative estimate of drug-likeness (QED) is 0.457. The minimum Gasteiger partial charge on any atom is -0.474 e. The lowest BCUT2D eigenvalue weighted by Crippen LogP contribution is -2.66. The maximum absolute atomic E-state index is 15.1. The lowest BCUT2D eigenvalue weighted by molar-refractivity contribution is -0.160. The van der Waals surface area contributed by atoms with Gasteiger partial charge in [-0.2, -0.15) is 13.7 Å². The normalized spacial score (nSPS) is 26.9. The molecule has 1 saturated carbocycles. The van der Waals surface area contributed by atoms with E-state index >= 15 is 8.78 Å². The van der Waals surface area contributed by atoms with Crippen LogP contribution in [-0.2, 0) is 23.7 Å². The molecule has 2 amide bonds. The van der Waals surface area contributed by atoms with Crippen LogP contribution in [0.5, 0.6) is 0 Å². The first-order valence-electron chi connectivity index (χ1n) is 10.4. The highest BCUT2D eigenvalue weighted by atomic mass is 19.3. The van der Waals surface area contributed by atoms with E-state index < -0.39 is 59.4 Å². The number of halogens is 2. The summed E-state index contributed by atoms with van der Waals surface area (Å²) in [6, 6.07) is 0. The Bertz CT molecular complexity index is 773. The first kappa shape index (κ1) is 25.8. The Hall–Kier alpha value is -2.46. The molecule has 0 N–H and O–H groups in total. The SMILES string of the molecule is CCOC(=O)[C@H]1C[C@@H]1C1=N[C@](C)(N(C(=O)OC(C)(C)C)C(=O)OC(C)(C)C)C(F)(F)CO1. The number of nitrogens with zero attached hydrogens (tertiary/aromatic N) is 2. The molecule has 182 valence electrons. The molecule has 0 saturated heterocycles. The van der Waals surface area contributed by atoms with E-state index in [9.17, 15) is 14.4 Å². The second-order valence-electron chi connectivity index (χ2n) is 9.96. The Labute approximate surface area is 186 Å². The van der Waals surface area contributed by atoms with Crippen LogP contribution in [0.25, 0.3) is 0 Å². The highest BCUT2D eigenvalue weighted by Gasteiger charge is 2.64. The van der Waals surface area contributed by atoms with Crippen molar-refractivity contribution in [1.82, 2.24) is 4.90 Å². The summed E-state index contributed by atoms with van der Waals surface area (Å²) in [5.74, 6) is -5.56. The number of hydrogen-bond acceptors (Lipinski definition) is 8. The number of rotatable bonds is 4. The number of imide groups is 1. The number of ether oxygens (including phenoxy) is 4. The molecule has 0 aromatic carbocycles. The second kappa shape index (κ2) is 8.47. The van der Waals surface area contributed by atoms with E-state index in [0.29, 0.717) is 6.42 Å². The molecule has 32 heavy (non-hydrogen) atoms. The minimum absolute atomic E-state index is 0.145. The van der Waals surface area contributed by atoms with Crippen molar-refractivity contribution < 1.29 is 42.1 Å². The Morgan fingerprint density at radius 3 is 2.03 bits per heavy atom.